The summed E-state index contributed by atoms with van der Waals surface area (Å²) in [5.74, 6) is 0.0839. The summed E-state index contributed by atoms with van der Waals surface area (Å²) in [6.45, 7) is 0.735. The highest BCUT2D eigenvalue weighted by Gasteiger charge is 2.09. The van der Waals surface area contributed by atoms with Crippen LogP contribution < -0.4 is 10.6 Å². The number of thiazole rings is 1. The van der Waals surface area contributed by atoms with Crippen molar-refractivity contribution in [3.63, 3.8) is 0 Å². The van der Waals surface area contributed by atoms with Crippen LogP contribution in [0.5, 0.6) is 0 Å². The van der Waals surface area contributed by atoms with Gasteiger partial charge in [0.2, 0.25) is 0 Å². The maximum Gasteiger partial charge on any atom is 0.171 e. The highest BCUT2D eigenvalue weighted by molar-refractivity contribution is 9.10. The van der Waals surface area contributed by atoms with Gasteiger partial charge in [0.1, 0.15) is 0 Å². The van der Waals surface area contributed by atoms with E-state index in [2.05, 4.69) is 31.0 Å². The lowest BCUT2D eigenvalue weighted by atomic mass is 10.2. The maximum absolute atomic E-state index is 8.69. The van der Waals surface area contributed by atoms with Crippen molar-refractivity contribution in [3.8, 4) is 0 Å². The minimum atomic E-state index is 0.0839. The largest absolute Gasteiger partial charge is 0.409 e. The Labute approximate surface area is 123 Å². The van der Waals surface area contributed by atoms with Gasteiger partial charge in [0.05, 0.1) is 17.7 Å². The first kappa shape index (κ1) is 13.8. The van der Waals surface area contributed by atoms with Gasteiger partial charge in [-0.2, -0.15) is 0 Å². The molecule has 0 bridgehead atoms. The number of rotatable bonds is 4. The van der Waals surface area contributed by atoms with E-state index in [1.54, 1.807) is 11.3 Å². The van der Waals surface area contributed by atoms with Gasteiger partial charge in [-0.25, -0.2) is 4.98 Å². The average Bonchev–Trinajstić information content (AvgIpc) is 2.90. The van der Waals surface area contributed by atoms with Crippen LogP contribution in [0.4, 0.5) is 5.69 Å². The summed E-state index contributed by atoms with van der Waals surface area (Å²) < 4.78 is 0.783. The van der Waals surface area contributed by atoms with E-state index in [1.807, 2.05) is 36.1 Å². The Balaban J connectivity index is 2.19. The van der Waals surface area contributed by atoms with E-state index in [9.17, 15) is 0 Å². The second-order valence-corrected chi connectivity index (χ2v) is 5.56. The Morgan fingerprint density at radius 1 is 1.58 bits per heavy atom. The van der Waals surface area contributed by atoms with Crippen molar-refractivity contribution < 1.29 is 5.21 Å². The zero-order valence-corrected chi connectivity index (χ0v) is 12.6. The molecule has 0 aliphatic rings. The van der Waals surface area contributed by atoms with E-state index in [0.29, 0.717) is 5.56 Å². The molecule has 0 spiro atoms. The summed E-state index contributed by atoms with van der Waals surface area (Å²) in [6, 6.07) is 5.66. The first-order valence-corrected chi connectivity index (χ1v) is 7.21. The van der Waals surface area contributed by atoms with Gasteiger partial charge in [0.15, 0.2) is 5.84 Å². The zero-order chi connectivity index (χ0) is 13.8. The first-order chi connectivity index (χ1) is 9.11. The van der Waals surface area contributed by atoms with Crippen molar-refractivity contribution in [1.82, 2.24) is 4.98 Å². The second kappa shape index (κ2) is 6.03. The summed E-state index contributed by atoms with van der Waals surface area (Å²) in [6.07, 6.45) is 0. The molecule has 2 aromatic rings. The van der Waals surface area contributed by atoms with Gasteiger partial charge in [-0.1, -0.05) is 5.16 Å². The molecule has 3 N–H and O–H groups in total. The van der Waals surface area contributed by atoms with Crippen molar-refractivity contribution >= 4 is 38.8 Å². The summed E-state index contributed by atoms with van der Waals surface area (Å²) in [7, 11) is 1.99. The number of benzene rings is 1. The van der Waals surface area contributed by atoms with Crippen LogP contribution >= 0.6 is 27.3 Å². The standard InChI is InChI=1S/C12H13BrN4OS/c1-17(5-8-6-19-7-15-8)9-2-3-10(11(13)4-9)12(14)16-18/h2-4,6-7,18H,5H2,1H3,(H2,14,16). The van der Waals surface area contributed by atoms with Crippen molar-refractivity contribution in [2.24, 2.45) is 10.9 Å². The van der Waals surface area contributed by atoms with Gasteiger partial charge in [0, 0.05) is 28.2 Å². The quantitative estimate of drug-likeness (QED) is 0.388. The van der Waals surface area contributed by atoms with E-state index < -0.39 is 0 Å². The molecule has 0 saturated heterocycles. The van der Waals surface area contributed by atoms with Gasteiger partial charge in [-0.3, -0.25) is 0 Å². The molecule has 0 unspecified atom stereocenters. The Kier molecular flexibility index (Phi) is 4.39. The number of nitrogens with two attached hydrogens (primary N) is 1. The molecule has 0 aliphatic heterocycles. The molecule has 0 atom stereocenters. The number of hydrogen-bond donors (Lipinski definition) is 2. The Morgan fingerprint density at radius 2 is 2.37 bits per heavy atom. The number of hydrogen-bond acceptors (Lipinski definition) is 5. The molecule has 100 valence electrons. The van der Waals surface area contributed by atoms with Gasteiger partial charge >= 0.3 is 0 Å². The molecule has 2 rings (SSSR count). The number of oxime groups is 1. The van der Waals surface area contributed by atoms with Crippen molar-refractivity contribution in [2.75, 3.05) is 11.9 Å². The number of amidine groups is 1. The van der Waals surface area contributed by atoms with Gasteiger partial charge in [-0.05, 0) is 34.1 Å². The molecule has 0 amide bonds. The molecule has 7 heteroatoms. The van der Waals surface area contributed by atoms with Crippen LogP contribution in [-0.4, -0.2) is 23.1 Å². The third-order valence-corrected chi connectivity index (χ3v) is 3.95. The summed E-state index contributed by atoms with van der Waals surface area (Å²) >= 11 is 5.00. The van der Waals surface area contributed by atoms with Crippen molar-refractivity contribution in [2.45, 2.75) is 6.54 Å². The fraction of sp³-hybridized carbons (Fsp3) is 0.167. The van der Waals surface area contributed by atoms with Crippen LogP contribution in [0.3, 0.4) is 0 Å². The molecule has 0 fully saturated rings. The van der Waals surface area contributed by atoms with Gasteiger partial charge in [0.25, 0.3) is 0 Å². The van der Waals surface area contributed by atoms with E-state index in [0.717, 1.165) is 22.4 Å². The minimum absolute atomic E-state index is 0.0839. The molecule has 0 radical (unpaired) electrons. The Morgan fingerprint density at radius 3 is 2.95 bits per heavy atom. The van der Waals surface area contributed by atoms with Crippen LogP contribution in [0.25, 0.3) is 0 Å². The molecule has 1 heterocycles. The molecular formula is C12H13BrN4OS. The molecule has 0 saturated carbocycles. The summed E-state index contributed by atoms with van der Waals surface area (Å²) in [5.41, 5.74) is 10.1. The fourth-order valence-electron chi connectivity index (χ4n) is 1.65. The highest BCUT2D eigenvalue weighted by Crippen LogP contribution is 2.24. The van der Waals surface area contributed by atoms with Gasteiger partial charge in [-0.15, -0.1) is 11.3 Å². The van der Waals surface area contributed by atoms with Crippen LogP contribution in [0.1, 0.15) is 11.3 Å². The van der Waals surface area contributed by atoms with Crippen LogP contribution in [0.15, 0.2) is 38.7 Å². The molecule has 5 nitrogen and oxygen atoms in total. The predicted molar refractivity (Wildman–Crippen MR) is 80.9 cm³/mol. The molecule has 19 heavy (non-hydrogen) atoms. The lowest BCUT2D eigenvalue weighted by Crippen LogP contribution is -2.18. The average molecular weight is 341 g/mol. The van der Waals surface area contributed by atoms with Crippen LogP contribution in [0, 0.1) is 0 Å². The second-order valence-electron chi connectivity index (χ2n) is 3.99. The van der Waals surface area contributed by atoms with Gasteiger partial charge < -0.3 is 15.8 Å². The van der Waals surface area contributed by atoms with E-state index >= 15 is 0 Å². The van der Waals surface area contributed by atoms with Crippen molar-refractivity contribution in [1.29, 1.82) is 0 Å². The van der Waals surface area contributed by atoms with Crippen LogP contribution in [0.2, 0.25) is 0 Å². The molecular weight excluding hydrogens is 328 g/mol. The minimum Gasteiger partial charge on any atom is -0.409 e. The number of nitrogens with zero attached hydrogens (tertiary/aromatic N) is 3. The first-order valence-electron chi connectivity index (χ1n) is 5.47. The predicted octanol–water partition coefficient (Wildman–Crippen LogP) is 2.64. The third kappa shape index (κ3) is 3.24. The Hall–Kier alpha value is -1.60. The molecule has 1 aromatic heterocycles. The smallest absolute Gasteiger partial charge is 0.171 e. The fourth-order valence-corrected chi connectivity index (χ4v) is 2.77. The van der Waals surface area contributed by atoms with E-state index in [1.165, 1.54) is 0 Å². The summed E-state index contributed by atoms with van der Waals surface area (Å²) in [4.78, 5) is 6.34. The highest BCUT2D eigenvalue weighted by atomic mass is 79.9. The maximum atomic E-state index is 8.69. The lowest BCUT2D eigenvalue weighted by molar-refractivity contribution is 0.318. The Bertz CT molecular complexity index is 585. The number of anilines is 1. The topological polar surface area (TPSA) is 74.7 Å². The number of halogens is 1. The summed E-state index contributed by atoms with van der Waals surface area (Å²) in [5, 5.41) is 13.7. The zero-order valence-electron chi connectivity index (χ0n) is 10.2. The molecule has 0 aliphatic carbocycles. The third-order valence-electron chi connectivity index (χ3n) is 2.66. The molecule has 1 aromatic carbocycles. The van der Waals surface area contributed by atoms with E-state index in [-0.39, 0.29) is 5.84 Å². The van der Waals surface area contributed by atoms with E-state index in [4.69, 9.17) is 10.9 Å². The van der Waals surface area contributed by atoms with Crippen molar-refractivity contribution in [3.05, 3.63) is 44.8 Å². The SMILES string of the molecule is CN(Cc1cscn1)c1ccc(/C(N)=N/O)c(Br)c1. The van der Waals surface area contributed by atoms with Crippen LogP contribution in [-0.2, 0) is 6.54 Å². The normalized spacial score (nSPS) is 11.6. The number of aromatic nitrogens is 1. The monoisotopic (exact) mass is 340 g/mol. The lowest BCUT2D eigenvalue weighted by Gasteiger charge is -2.19.